The van der Waals surface area contributed by atoms with Gasteiger partial charge in [0.25, 0.3) is 11.7 Å². The number of piperazine rings is 1. The molecule has 2 aromatic rings. The number of nitrogens with one attached hydrogen (secondary N) is 2. The van der Waals surface area contributed by atoms with Crippen LogP contribution in [0, 0.1) is 0 Å². The monoisotopic (exact) mass is 366 g/mol. The van der Waals surface area contributed by atoms with Crippen LogP contribution >= 0.6 is 0 Å². The van der Waals surface area contributed by atoms with Gasteiger partial charge in [0.1, 0.15) is 26.2 Å². The van der Waals surface area contributed by atoms with E-state index in [0.29, 0.717) is 6.54 Å². The van der Waals surface area contributed by atoms with Crippen molar-refractivity contribution in [2.24, 2.45) is 0 Å². The molecule has 0 radical (unpaired) electrons. The Morgan fingerprint density at radius 1 is 1.19 bits per heavy atom. The minimum atomic E-state index is 0.238. The molecule has 0 bridgehead atoms. The van der Waals surface area contributed by atoms with Crippen LogP contribution in [-0.4, -0.2) is 50.6 Å². The molecule has 1 amide bonds. The van der Waals surface area contributed by atoms with E-state index in [1.54, 1.807) is 0 Å². The van der Waals surface area contributed by atoms with Crippen LogP contribution in [0.3, 0.4) is 0 Å². The lowest BCUT2D eigenvalue weighted by atomic mass is 9.87. The molecule has 5 heteroatoms. The standard InChI is InChI=1S/C22H28N4O/c1-24(20-10-6-8-18-7-2-3-9-19(18)20)22(27)17-25-13-15-26(16-14-25)21-11-4-5-12-23-21/h2-5,7,9,11-12,20H,6,8,10,13-17H2,1H3/p+2/t20-/m0/s1. The van der Waals surface area contributed by atoms with Crippen molar-refractivity contribution in [3.63, 3.8) is 0 Å². The molecule has 5 nitrogen and oxygen atoms in total. The van der Waals surface area contributed by atoms with Crippen LogP contribution in [0.1, 0.15) is 30.0 Å². The summed E-state index contributed by atoms with van der Waals surface area (Å²) < 4.78 is 0. The van der Waals surface area contributed by atoms with Crippen molar-refractivity contribution in [3.05, 3.63) is 59.8 Å². The molecule has 142 valence electrons. The molecule has 2 aliphatic rings. The smallest absolute Gasteiger partial charge is 0.278 e. The second-order valence-electron chi connectivity index (χ2n) is 7.77. The third-order valence-electron chi connectivity index (χ3n) is 6.10. The second-order valence-corrected chi connectivity index (χ2v) is 7.77. The van der Waals surface area contributed by atoms with Gasteiger partial charge in [0.2, 0.25) is 0 Å². The van der Waals surface area contributed by atoms with Gasteiger partial charge in [-0.25, -0.2) is 4.98 Å². The summed E-state index contributed by atoms with van der Waals surface area (Å²) >= 11 is 0. The van der Waals surface area contributed by atoms with E-state index in [0.717, 1.165) is 39.0 Å². The first-order valence-electron chi connectivity index (χ1n) is 10.1. The lowest BCUT2D eigenvalue weighted by Crippen LogP contribution is -3.16. The fraction of sp³-hybridized carbons (Fsp3) is 0.455. The first-order valence-corrected chi connectivity index (χ1v) is 10.1. The number of pyridine rings is 1. The number of likely N-dealkylation sites (N-methyl/N-ethyl adjacent to an activating group) is 1. The summed E-state index contributed by atoms with van der Waals surface area (Å²) in [5.74, 6) is 1.44. The van der Waals surface area contributed by atoms with E-state index in [2.05, 4.69) is 46.3 Å². The largest absolute Gasteiger partial charge is 0.334 e. The molecular weight excluding hydrogens is 336 g/mol. The third-order valence-corrected chi connectivity index (χ3v) is 6.10. The highest BCUT2D eigenvalue weighted by atomic mass is 16.2. The van der Waals surface area contributed by atoms with Gasteiger partial charge in [-0.3, -0.25) is 9.69 Å². The summed E-state index contributed by atoms with van der Waals surface area (Å²) in [7, 11) is 1.99. The van der Waals surface area contributed by atoms with Crippen molar-refractivity contribution in [2.75, 3.05) is 44.7 Å². The summed E-state index contributed by atoms with van der Waals surface area (Å²) in [6, 6.07) is 15.0. The number of rotatable bonds is 4. The van der Waals surface area contributed by atoms with Crippen molar-refractivity contribution < 1.29 is 14.7 Å². The van der Waals surface area contributed by atoms with E-state index in [4.69, 9.17) is 0 Å². The summed E-state index contributed by atoms with van der Waals surface area (Å²) in [4.78, 5) is 22.0. The van der Waals surface area contributed by atoms with Gasteiger partial charge in [0.05, 0.1) is 12.2 Å². The van der Waals surface area contributed by atoms with Gasteiger partial charge in [-0.15, -0.1) is 0 Å². The highest BCUT2D eigenvalue weighted by Crippen LogP contribution is 2.33. The Labute approximate surface area is 161 Å². The number of benzene rings is 1. The highest BCUT2D eigenvalue weighted by Gasteiger charge is 2.31. The van der Waals surface area contributed by atoms with E-state index in [1.807, 2.05) is 24.2 Å². The molecule has 1 saturated heterocycles. The number of fused-ring (bicyclic) bond motifs is 1. The minimum Gasteiger partial charge on any atom is -0.334 e. The van der Waals surface area contributed by atoms with E-state index < -0.39 is 0 Å². The van der Waals surface area contributed by atoms with Crippen molar-refractivity contribution in [3.8, 4) is 0 Å². The topological polar surface area (TPSA) is 42.1 Å². The molecule has 0 unspecified atom stereocenters. The Balaban J connectivity index is 1.34. The number of carbonyl (C=O) groups excluding carboxylic acids is 1. The summed E-state index contributed by atoms with van der Waals surface area (Å²) in [5.41, 5.74) is 2.76. The maximum Gasteiger partial charge on any atom is 0.278 e. The van der Waals surface area contributed by atoms with Crippen LogP contribution in [0.4, 0.5) is 5.82 Å². The van der Waals surface area contributed by atoms with Crippen LogP contribution in [0.25, 0.3) is 0 Å². The molecule has 4 rings (SSSR count). The molecule has 1 fully saturated rings. The maximum absolute atomic E-state index is 13.0. The number of aryl methyl sites for hydroxylation is 1. The molecule has 1 aliphatic carbocycles. The fourth-order valence-corrected chi connectivity index (χ4v) is 4.46. The van der Waals surface area contributed by atoms with Gasteiger partial charge in [-0.2, -0.15) is 0 Å². The summed E-state index contributed by atoms with van der Waals surface area (Å²) in [5, 5.41) is 0. The molecule has 2 heterocycles. The van der Waals surface area contributed by atoms with Gasteiger partial charge in [0.15, 0.2) is 6.54 Å². The first kappa shape index (κ1) is 18.0. The molecule has 1 aromatic carbocycles. The normalized spacial score (nSPS) is 20.2. The number of nitrogens with zero attached hydrogens (tertiary/aromatic N) is 2. The third kappa shape index (κ3) is 3.98. The van der Waals surface area contributed by atoms with E-state index in [1.165, 1.54) is 28.3 Å². The predicted octanol–water partition coefficient (Wildman–Crippen LogP) is 0.742. The Morgan fingerprint density at radius 2 is 1.96 bits per heavy atom. The average Bonchev–Trinajstić information content (AvgIpc) is 2.74. The first-order chi connectivity index (χ1) is 13.2. The Hall–Kier alpha value is -2.40. The molecule has 2 N–H and O–H groups in total. The number of carbonyl (C=O) groups is 1. The number of H-pyrrole nitrogens is 1. The zero-order chi connectivity index (χ0) is 18.6. The molecule has 1 aliphatic heterocycles. The molecule has 0 saturated carbocycles. The lowest BCUT2D eigenvalue weighted by Gasteiger charge is -2.34. The molecular formula is C22H30N4O+2. The quantitative estimate of drug-likeness (QED) is 0.867. The van der Waals surface area contributed by atoms with Gasteiger partial charge >= 0.3 is 0 Å². The van der Waals surface area contributed by atoms with Gasteiger partial charge in [-0.05, 0) is 36.5 Å². The van der Waals surface area contributed by atoms with Crippen molar-refractivity contribution in [1.82, 2.24) is 4.90 Å². The molecule has 1 aromatic heterocycles. The fourth-order valence-electron chi connectivity index (χ4n) is 4.46. The highest BCUT2D eigenvalue weighted by molar-refractivity contribution is 5.77. The molecule has 1 atom stereocenters. The number of hydrogen-bond donors (Lipinski definition) is 1. The van der Waals surface area contributed by atoms with Crippen molar-refractivity contribution >= 4 is 11.7 Å². The maximum atomic E-state index is 13.0. The lowest BCUT2D eigenvalue weighted by molar-refractivity contribution is -0.892. The zero-order valence-electron chi connectivity index (χ0n) is 16.2. The Kier molecular flexibility index (Phi) is 5.39. The van der Waals surface area contributed by atoms with E-state index >= 15 is 0 Å². The van der Waals surface area contributed by atoms with Gasteiger partial charge in [0, 0.05) is 13.1 Å². The van der Waals surface area contributed by atoms with Crippen LogP contribution < -0.4 is 14.8 Å². The van der Waals surface area contributed by atoms with Crippen molar-refractivity contribution in [1.29, 1.82) is 0 Å². The number of aromatic amines is 1. The number of aromatic nitrogens is 1. The Morgan fingerprint density at radius 3 is 2.74 bits per heavy atom. The van der Waals surface area contributed by atoms with Crippen LogP contribution in [-0.2, 0) is 11.2 Å². The van der Waals surface area contributed by atoms with Crippen molar-refractivity contribution in [2.45, 2.75) is 25.3 Å². The number of hydrogen-bond acceptors (Lipinski definition) is 2. The SMILES string of the molecule is CN(C(=O)C[NH+]1CCN(c2cccc[nH+]2)CC1)[C@H]1CCCc2ccccc21. The second kappa shape index (κ2) is 8.09. The number of quaternary nitrogens is 1. The van der Waals surface area contributed by atoms with Gasteiger partial charge in [-0.1, -0.05) is 30.3 Å². The summed E-state index contributed by atoms with van der Waals surface area (Å²) in [6.45, 7) is 4.58. The minimum absolute atomic E-state index is 0.238. The summed E-state index contributed by atoms with van der Waals surface area (Å²) in [6.07, 6.45) is 5.35. The average molecular weight is 367 g/mol. The molecule has 0 spiro atoms. The van der Waals surface area contributed by atoms with Crippen LogP contribution in [0.15, 0.2) is 48.7 Å². The number of anilines is 1. The molecule has 27 heavy (non-hydrogen) atoms. The van der Waals surface area contributed by atoms with Crippen LogP contribution in [0.2, 0.25) is 0 Å². The number of amides is 1. The van der Waals surface area contributed by atoms with Crippen LogP contribution in [0.5, 0.6) is 0 Å². The zero-order valence-corrected chi connectivity index (χ0v) is 16.2. The van der Waals surface area contributed by atoms with Gasteiger partial charge < -0.3 is 9.80 Å². The van der Waals surface area contributed by atoms with E-state index in [-0.39, 0.29) is 11.9 Å². The van der Waals surface area contributed by atoms with E-state index in [9.17, 15) is 4.79 Å². The Bertz CT molecular complexity index is 771. The predicted molar refractivity (Wildman–Crippen MR) is 106 cm³/mol.